The van der Waals surface area contributed by atoms with Crippen molar-refractivity contribution in [2.45, 2.75) is 202 Å². The van der Waals surface area contributed by atoms with Gasteiger partial charge in [-0.25, -0.2) is 19.6 Å². The predicted molar refractivity (Wildman–Crippen MR) is 294 cm³/mol. The van der Waals surface area contributed by atoms with Gasteiger partial charge in [0, 0.05) is 41.0 Å². The van der Waals surface area contributed by atoms with Crippen LogP contribution >= 0.6 is 0 Å². The molecule has 1 fully saturated rings. The van der Waals surface area contributed by atoms with Gasteiger partial charge < -0.3 is 30.5 Å². The maximum Gasteiger partial charge on any atom is 0.305 e. The number of cyclic esters (lactones) is 1. The number of hydrogen-bond donors (Lipinski definition) is 4. The number of carboxylic acid groups (broad SMARTS) is 2. The lowest BCUT2D eigenvalue weighted by Gasteiger charge is -2.08. The molecular formula is C54H110N4O10. The van der Waals surface area contributed by atoms with Crippen molar-refractivity contribution in [2.75, 3.05) is 40.5 Å². The first-order valence-electron chi connectivity index (χ1n) is 24.2. The molecule has 0 bridgehead atoms. The van der Waals surface area contributed by atoms with E-state index in [4.69, 9.17) is 45.5 Å². The number of benzene rings is 2. The fourth-order valence-corrected chi connectivity index (χ4v) is 2.63. The number of ether oxygens (including phenoxy) is 2. The minimum absolute atomic E-state index is 0. The van der Waals surface area contributed by atoms with Crippen molar-refractivity contribution >= 4 is 30.1 Å². The van der Waals surface area contributed by atoms with Crippen molar-refractivity contribution in [3.63, 3.8) is 0 Å². The summed E-state index contributed by atoms with van der Waals surface area (Å²) in [6.07, 6.45) is 17.3. The minimum atomic E-state index is -0.833. The van der Waals surface area contributed by atoms with Crippen molar-refractivity contribution in [3.05, 3.63) is 72.8 Å². The van der Waals surface area contributed by atoms with Gasteiger partial charge in [-0.2, -0.15) is 5.26 Å². The highest BCUT2D eigenvalue weighted by Gasteiger charge is 2.06. The Labute approximate surface area is 420 Å². The number of unbranched alkanes of at least 4 members (excludes halogenated alkanes) is 6. The molecule has 1 saturated heterocycles. The zero-order valence-electron chi connectivity index (χ0n) is 46.4. The molecule has 14 heteroatoms. The lowest BCUT2D eigenvalue weighted by molar-refractivity contribution is -0.146. The van der Waals surface area contributed by atoms with Gasteiger partial charge in [0.25, 0.3) is 18.2 Å². The van der Waals surface area contributed by atoms with Crippen LogP contribution in [0, 0.1) is 11.5 Å². The summed E-state index contributed by atoms with van der Waals surface area (Å²) >= 11 is 0. The van der Waals surface area contributed by atoms with E-state index in [1.165, 1.54) is 58.4 Å². The van der Waals surface area contributed by atoms with E-state index in [1.807, 2.05) is 156 Å². The maximum absolute atomic E-state index is 10.2. The summed E-state index contributed by atoms with van der Waals surface area (Å²) in [5, 5.41) is 30.9. The van der Waals surface area contributed by atoms with Crippen LogP contribution in [0.5, 0.6) is 0 Å². The number of nitrogens with zero attached hydrogens (tertiary/aromatic N) is 3. The van der Waals surface area contributed by atoms with Gasteiger partial charge in [-0.05, 0) is 38.6 Å². The van der Waals surface area contributed by atoms with E-state index >= 15 is 0 Å². The summed E-state index contributed by atoms with van der Waals surface area (Å²) in [5.41, 5.74) is 5.21. The molecule has 1 aliphatic rings. The monoisotopic (exact) mass is 975 g/mol. The standard InChI is InChI=1S/C6H11NO.2C6H6.C5H13N.C5H8O2.C5H12O.2C2H3NO.2C2H4O2.6C2H6.CH4/c1-2-3-4-5-8-6-7;2*1-2-4-6-5-3-1;1-2-3-4-5-6;6-5-3-1-2-4-7-5;1-2-3-4-5-6;2*1-3-2-4;2*1-2(3)4;6*1-2;/h2-5H2,1H3;2*1-6H;2-6H2,1H3;1-4H2;6H,2-5H2,1H3;2*1H3;2*1H3,(H,3,4);6*1-2H3;1H4. The first kappa shape index (κ1) is 101. The SMILES string of the molecule is C.CC.CC.CC.CC.CC.CC.CC(=O)O.CC(=O)O.CCCCCN.CCCCCO.CCCCCOC#N.CN=C=O.CN=C=O.O=C1CCCCO1.c1ccccc1.c1ccccc1. The van der Waals surface area contributed by atoms with Gasteiger partial charge in [-0.1, -0.05) is 223 Å². The Bertz CT molecular complexity index is 983. The molecule has 0 amide bonds. The molecule has 68 heavy (non-hydrogen) atoms. The van der Waals surface area contributed by atoms with Crippen LogP contribution in [0.25, 0.3) is 0 Å². The number of carboxylic acids is 2. The Balaban J connectivity index is -0.0000000389. The molecular weight excluding hydrogens is 865 g/mol. The summed E-state index contributed by atoms with van der Waals surface area (Å²) in [7, 11) is 2.76. The first-order valence-corrected chi connectivity index (χ1v) is 24.2. The molecule has 0 unspecified atom stereocenters. The molecule has 0 atom stereocenters. The summed E-state index contributed by atoms with van der Waals surface area (Å²) in [6, 6.07) is 24.0. The molecule has 0 aliphatic carbocycles. The number of hydrogen-bond acceptors (Lipinski definition) is 12. The Morgan fingerprint density at radius 2 is 0.882 bits per heavy atom. The molecule has 0 aromatic heterocycles. The molecule has 0 saturated carbocycles. The van der Waals surface area contributed by atoms with Crippen LogP contribution in [0.2, 0.25) is 0 Å². The summed E-state index contributed by atoms with van der Waals surface area (Å²) in [6.45, 7) is 35.0. The van der Waals surface area contributed by atoms with Crippen LogP contribution < -0.4 is 5.73 Å². The van der Waals surface area contributed by atoms with Gasteiger partial charge in [0.15, 0.2) is 0 Å². The molecule has 3 rings (SSSR count). The van der Waals surface area contributed by atoms with Crippen molar-refractivity contribution < 1.29 is 48.8 Å². The molecule has 0 radical (unpaired) electrons. The number of aliphatic imine (C=N–C) groups is 2. The topological polar surface area (TPSA) is 239 Å². The molecule has 14 nitrogen and oxygen atoms in total. The Kier molecular flexibility index (Phi) is 225. The quantitative estimate of drug-likeness (QED) is 0.0572. The number of esters is 1. The van der Waals surface area contributed by atoms with Gasteiger partial charge in [0.05, 0.1) is 6.61 Å². The third-order valence-corrected chi connectivity index (χ3v) is 5.04. The summed E-state index contributed by atoms with van der Waals surface area (Å²) in [5.74, 6) is -1.70. The normalized spacial score (nSPS) is 7.91. The van der Waals surface area contributed by atoms with Crippen molar-refractivity contribution in [2.24, 2.45) is 15.7 Å². The van der Waals surface area contributed by atoms with Crippen molar-refractivity contribution in [1.82, 2.24) is 0 Å². The highest BCUT2D eigenvalue weighted by atomic mass is 16.5. The average Bonchev–Trinajstić information content (AvgIpc) is 3.39. The smallest absolute Gasteiger partial charge is 0.305 e. The molecule has 1 heterocycles. The maximum atomic E-state index is 10.2. The van der Waals surface area contributed by atoms with Crippen LogP contribution in [0.1, 0.15) is 202 Å². The van der Waals surface area contributed by atoms with Gasteiger partial charge in [-0.3, -0.25) is 14.4 Å². The molecule has 2 aromatic carbocycles. The van der Waals surface area contributed by atoms with Crippen LogP contribution in [0.4, 0.5) is 0 Å². The second kappa shape index (κ2) is 152. The van der Waals surface area contributed by atoms with Crippen LogP contribution in [-0.2, 0) is 33.4 Å². The second-order valence-electron chi connectivity index (χ2n) is 10.2. The van der Waals surface area contributed by atoms with E-state index in [2.05, 4.69) is 40.2 Å². The number of isocyanates is 2. The first-order chi connectivity index (χ1) is 32.4. The van der Waals surface area contributed by atoms with Crippen LogP contribution in [-0.4, -0.2) is 85.8 Å². The van der Waals surface area contributed by atoms with Gasteiger partial charge >= 0.3 is 5.97 Å². The van der Waals surface area contributed by atoms with Crippen molar-refractivity contribution in [1.29, 1.82) is 5.26 Å². The highest BCUT2D eigenvalue weighted by molar-refractivity contribution is 5.69. The number of aliphatic hydroxyl groups excluding tert-OH is 1. The van der Waals surface area contributed by atoms with Crippen LogP contribution in [0.15, 0.2) is 82.8 Å². The third-order valence-electron chi connectivity index (χ3n) is 5.04. The largest absolute Gasteiger partial charge is 0.481 e. The number of aliphatic carboxylic acids is 2. The van der Waals surface area contributed by atoms with E-state index in [1.54, 1.807) is 6.26 Å². The minimum Gasteiger partial charge on any atom is -0.481 e. The molecule has 406 valence electrons. The van der Waals surface area contributed by atoms with E-state index in [-0.39, 0.29) is 13.4 Å². The van der Waals surface area contributed by atoms with Crippen molar-refractivity contribution in [3.8, 4) is 6.26 Å². The third kappa shape index (κ3) is 281. The predicted octanol–water partition coefficient (Wildman–Crippen LogP) is 14.9. The Morgan fingerprint density at radius 3 is 1.01 bits per heavy atom. The molecule has 0 spiro atoms. The number of carbonyl (C=O) groups is 3. The number of aliphatic hydroxyl groups is 1. The lowest BCUT2D eigenvalue weighted by atomic mass is 10.2. The summed E-state index contributed by atoms with van der Waals surface area (Å²) < 4.78 is 9.08. The fourth-order valence-electron chi connectivity index (χ4n) is 2.63. The van der Waals surface area contributed by atoms with Gasteiger partial charge in [-0.15, -0.1) is 0 Å². The average molecular weight is 975 g/mol. The molecule has 2 aromatic rings. The molecule has 5 N–H and O–H groups in total. The zero-order chi connectivity index (χ0) is 55.5. The number of nitrogens with two attached hydrogens (primary N) is 1. The number of nitriles is 1. The fraction of sp³-hybridized carbons (Fsp3) is 0.667. The number of rotatable bonds is 10. The number of carbonyl (C=O) groups excluding carboxylic acids is 3. The van der Waals surface area contributed by atoms with E-state index in [0.717, 1.165) is 58.9 Å². The lowest BCUT2D eigenvalue weighted by Crippen LogP contribution is -2.10. The highest BCUT2D eigenvalue weighted by Crippen LogP contribution is 2.04. The zero-order valence-corrected chi connectivity index (χ0v) is 46.4. The summed E-state index contributed by atoms with van der Waals surface area (Å²) in [4.78, 5) is 51.9. The Hall–Kier alpha value is -5.18. The molecule has 1 aliphatic heterocycles. The van der Waals surface area contributed by atoms with Gasteiger partial charge in [0.1, 0.15) is 6.61 Å². The van der Waals surface area contributed by atoms with Gasteiger partial charge in [0.2, 0.25) is 12.2 Å². The van der Waals surface area contributed by atoms with Crippen LogP contribution in [0.3, 0.4) is 0 Å². The Morgan fingerprint density at radius 1 is 0.618 bits per heavy atom. The second-order valence-corrected chi connectivity index (χ2v) is 10.2. The van der Waals surface area contributed by atoms with E-state index < -0.39 is 11.9 Å². The van der Waals surface area contributed by atoms with E-state index in [0.29, 0.717) is 26.2 Å². The van der Waals surface area contributed by atoms with E-state index in [9.17, 15) is 4.79 Å².